The molecule has 0 spiro atoms. The van der Waals surface area contributed by atoms with Crippen LogP contribution in [0.1, 0.15) is 25.7 Å². The Balaban J connectivity index is 1.96. The topological polar surface area (TPSA) is 82.8 Å². The highest BCUT2D eigenvalue weighted by Crippen LogP contribution is 2.34. The van der Waals surface area contributed by atoms with E-state index >= 15 is 0 Å². The zero-order valence-electron chi connectivity index (χ0n) is 12.5. The van der Waals surface area contributed by atoms with Crippen molar-refractivity contribution >= 4 is 17.3 Å². The van der Waals surface area contributed by atoms with Crippen molar-refractivity contribution in [2.75, 3.05) is 31.9 Å². The Labute approximate surface area is 124 Å². The van der Waals surface area contributed by atoms with Crippen LogP contribution in [0.2, 0.25) is 0 Å². The summed E-state index contributed by atoms with van der Waals surface area (Å²) in [6, 6.07) is 3.30. The van der Waals surface area contributed by atoms with E-state index < -0.39 is 0 Å². The second kappa shape index (κ2) is 7.17. The van der Waals surface area contributed by atoms with Crippen LogP contribution in [0, 0.1) is 0 Å². The lowest BCUT2D eigenvalue weighted by atomic mass is 10.1. The van der Waals surface area contributed by atoms with E-state index in [2.05, 4.69) is 5.32 Å². The molecule has 21 heavy (non-hydrogen) atoms. The summed E-state index contributed by atoms with van der Waals surface area (Å²) in [5.74, 6) is 0.984. The predicted molar refractivity (Wildman–Crippen MR) is 80.8 cm³/mol. The Hall–Kier alpha value is -1.95. The smallest absolute Gasteiger partial charge is 0.224 e. The van der Waals surface area contributed by atoms with Gasteiger partial charge in [0.15, 0.2) is 11.5 Å². The second-order valence-corrected chi connectivity index (χ2v) is 5.02. The van der Waals surface area contributed by atoms with Gasteiger partial charge in [0.05, 0.1) is 31.7 Å². The lowest BCUT2D eigenvalue weighted by Gasteiger charge is -2.14. The van der Waals surface area contributed by atoms with E-state index in [-0.39, 0.29) is 12.0 Å². The molecule has 1 aromatic rings. The first-order chi connectivity index (χ1) is 10.1. The van der Waals surface area contributed by atoms with Gasteiger partial charge in [-0.05, 0) is 19.3 Å². The maximum atomic E-state index is 12.0. The predicted octanol–water partition coefficient (Wildman–Crippen LogP) is 2.18. The summed E-state index contributed by atoms with van der Waals surface area (Å²) in [6.07, 6.45) is 3.47. The number of ether oxygens (including phenoxy) is 3. The minimum absolute atomic E-state index is 0.0792. The molecule has 0 radical (unpaired) electrons. The molecule has 6 nitrogen and oxygen atoms in total. The standard InChI is InChI=1S/C15H22N2O4/c1-19-13-8-11(16)12(9-14(13)20-2)17-15(18)6-5-10-4-3-7-21-10/h8-10H,3-7,16H2,1-2H3,(H,17,18). The third-order valence-electron chi connectivity index (χ3n) is 3.55. The number of nitrogen functional groups attached to an aromatic ring is 1. The molecule has 0 aromatic heterocycles. The zero-order chi connectivity index (χ0) is 15.2. The average molecular weight is 294 g/mol. The number of benzene rings is 1. The van der Waals surface area contributed by atoms with Gasteiger partial charge in [-0.3, -0.25) is 4.79 Å². The minimum Gasteiger partial charge on any atom is -0.493 e. The van der Waals surface area contributed by atoms with E-state index in [9.17, 15) is 4.79 Å². The summed E-state index contributed by atoms with van der Waals surface area (Å²) >= 11 is 0. The van der Waals surface area contributed by atoms with Crippen LogP contribution in [-0.4, -0.2) is 32.8 Å². The van der Waals surface area contributed by atoms with Crippen molar-refractivity contribution in [3.8, 4) is 11.5 Å². The monoisotopic (exact) mass is 294 g/mol. The summed E-state index contributed by atoms with van der Waals surface area (Å²) in [5.41, 5.74) is 6.89. The van der Waals surface area contributed by atoms with Crippen LogP contribution in [-0.2, 0) is 9.53 Å². The van der Waals surface area contributed by atoms with Crippen LogP contribution >= 0.6 is 0 Å². The number of amides is 1. The number of methoxy groups -OCH3 is 2. The number of anilines is 2. The maximum Gasteiger partial charge on any atom is 0.224 e. The molecule has 0 aliphatic carbocycles. The fourth-order valence-electron chi connectivity index (χ4n) is 2.38. The number of hydrogen-bond acceptors (Lipinski definition) is 5. The Morgan fingerprint density at radius 2 is 2.10 bits per heavy atom. The Kier molecular flexibility index (Phi) is 5.27. The molecule has 1 amide bonds. The zero-order valence-corrected chi connectivity index (χ0v) is 12.5. The van der Waals surface area contributed by atoms with E-state index in [4.69, 9.17) is 19.9 Å². The SMILES string of the molecule is COc1cc(N)c(NC(=O)CCC2CCCO2)cc1OC. The lowest BCUT2D eigenvalue weighted by Crippen LogP contribution is -2.16. The molecule has 1 aliphatic heterocycles. The number of carbonyl (C=O) groups excluding carboxylic acids is 1. The molecule has 1 aromatic carbocycles. The summed E-state index contributed by atoms with van der Waals surface area (Å²) in [6.45, 7) is 0.801. The van der Waals surface area contributed by atoms with Crippen molar-refractivity contribution in [1.82, 2.24) is 0 Å². The van der Waals surface area contributed by atoms with Crippen molar-refractivity contribution in [1.29, 1.82) is 0 Å². The van der Waals surface area contributed by atoms with Gasteiger partial charge in [-0.1, -0.05) is 0 Å². The van der Waals surface area contributed by atoms with Gasteiger partial charge in [0.2, 0.25) is 5.91 Å². The van der Waals surface area contributed by atoms with Gasteiger partial charge < -0.3 is 25.3 Å². The van der Waals surface area contributed by atoms with Gasteiger partial charge in [-0.2, -0.15) is 0 Å². The van der Waals surface area contributed by atoms with Crippen LogP contribution in [0.5, 0.6) is 11.5 Å². The molecule has 1 fully saturated rings. The molecule has 6 heteroatoms. The molecule has 116 valence electrons. The van der Waals surface area contributed by atoms with Gasteiger partial charge in [0.25, 0.3) is 0 Å². The van der Waals surface area contributed by atoms with Crippen molar-refractivity contribution in [3.63, 3.8) is 0 Å². The molecule has 1 heterocycles. The first kappa shape index (κ1) is 15.4. The van der Waals surface area contributed by atoms with Crippen LogP contribution < -0.4 is 20.5 Å². The van der Waals surface area contributed by atoms with Gasteiger partial charge in [-0.25, -0.2) is 0 Å². The molecule has 1 atom stereocenters. The Morgan fingerprint density at radius 3 is 2.71 bits per heavy atom. The third kappa shape index (κ3) is 4.01. The van der Waals surface area contributed by atoms with Crippen LogP contribution in [0.15, 0.2) is 12.1 Å². The largest absolute Gasteiger partial charge is 0.493 e. The molecule has 3 N–H and O–H groups in total. The van der Waals surface area contributed by atoms with E-state index in [0.29, 0.717) is 29.3 Å². The molecular weight excluding hydrogens is 272 g/mol. The van der Waals surface area contributed by atoms with E-state index in [1.165, 1.54) is 14.2 Å². The fraction of sp³-hybridized carbons (Fsp3) is 0.533. The highest BCUT2D eigenvalue weighted by Gasteiger charge is 2.17. The summed E-state index contributed by atoms with van der Waals surface area (Å²) in [5, 5.41) is 2.81. The van der Waals surface area contributed by atoms with Crippen molar-refractivity contribution in [3.05, 3.63) is 12.1 Å². The third-order valence-corrected chi connectivity index (χ3v) is 3.55. The first-order valence-corrected chi connectivity index (χ1v) is 7.07. The van der Waals surface area contributed by atoms with E-state index in [1.54, 1.807) is 12.1 Å². The number of nitrogens with two attached hydrogens (primary N) is 1. The average Bonchev–Trinajstić information content (AvgIpc) is 3.00. The molecule has 0 bridgehead atoms. The quantitative estimate of drug-likeness (QED) is 0.786. The first-order valence-electron chi connectivity index (χ1n) is 7.07. The summed E-state index contributed by atoms with van der Waals surface area (Å²) in [7, 11) is 3.08. The highest BCUT2D eigenvalue weighted by molar-refractivity contribution is 5.94. The molecule has 2 rings (SSSR count). The van der Waals surface area contributed by atoms with E-state index in [0.717, 1.165) is 25.9 Å². The van der Waals surface area contributed by atoms with Gasteiger partial charge in [0.1, 0.15) is 0 Å². The highest BCUT2D eigenvalue weighted by atomic mass is 16.5. The Bertz CT molecular complexity index is 499. The summed E-state index contributed by atoms with van der Waals surface area (Å²) < 4.78 is 15.9. The number of rotatable bonds is 6. The van der Waals surface area contributed by atoms with Crippen molar-refractivity contribution in [2.45, 2.75) is 31.8 Å². The molecule has 0 saturated carbocycles. The lowest BCUT2D eigenvalue weighted by molar-refractivity contribution is -0.116. The minimum atomic E-state index is -0.0792. The second-order valence-electron chi connectivity index (χ2n) is 5.02. The molecule has 1 saturated heterocycles. The fourth-order valence-corrected chi connectivity index (χ4v) is 2.38. The summed E-state index contributed by atoms with van der Waals surface area (Å²) in [4.78, 5) is 12.0. The van der Waals surface area contributed by atoms with Gasteiger partial charge >= 0.3 is 0 Å². The Morgan fingerprint density at radius 1 is 1.38 bits per heavy atom. The maximum absolute atomic E-state index is 12.0. The normalized spacial score (nSPS) is 17.5. The van der Waals surface area contributed by atoms with Gasteiger partial charge in [-0.15, -0.1) is 0 Å². The van der Waals surface area contributed by atoms with Crippen molar-refractivity contribution < 1.29 is 19.0 Å². The number of nitrogens with one attached hydrogen (secondary N) is 1. The van der Waals surface area contributed by atoms with Crippen LogP contribution in [0.3, 0.4) is 0 Å². The van der Waals surface area contributed by atoms with Gasteiger partial charge in [0, 0.05) is 25.2 Å². The van der Waals surface area contributed by atoms with Crippen LogP contribution in [0.25, 0.3) is 0 Å². The van der Waals surface area contributed by atoms with Crippen LogP contribution in [0.4, 0.5) is 11.4 Å². The number of carbonyl (C=O) groups is 1. The molecule has 1 unspecified atom stereocenters. The van der Waals surface area contributed by atoms with Crippen molar-refractivity contribution in [2.24, 2.45) is 0 Å². The number of hydrogen-bond donors (Lipinski definition) is 2. The van der Waals surface area contributed by atoms with E-state index in [1.807, 2.05) is 0 Å². The molecule has 1 aliphatic rings. The molecular formula is C15H22N2O4.